The van der Waals surface area contributed by atoms with E-state index in [9.17, 15) is 13.2 Å². The first-order chi connectivity index (χ1) is 10.5. The molecule has 6 heteroatoms. The smallest absolute Gasteiger partial charge is 0.223 e. The summed E-state index contributed by atoms with van der Waals surface area (Å²) in [6, 6.07) is 0. The fourth-order valence-electron chi connectivity index (χ4n) is 2.96. The fraction of sp³-hybridized carbons (Fsp3) is 0.812. The molecule has 1 amide bonds. The van der Waals surface area contributed by atoms with Crippen LogP contribution in [0, 0.1) is 5.92 Å². The zero-order valence-corrected chi connectivity index (χ0v) is 14.3. The Morgan fingerprint density at radius 3 is 2.59 bits per heavy atom. The van der Waals surface area contributed by atoms with Crippen molar-refractivity contribution in [2.45, 2.75) is 51.4 Å². The van der Waals surface area contributed by atoms with Gasteiger partial charge in [0.25, 0.3) is 0 Å². The second kappa shape index (κ2) is 8.11. The van der Waals surface area contributed by atoms with Gasteiger partial charge in [-0.2, -0.15) is 0 Å². The van der Waals surface area contributed by atoms with Crippen molar-refractivity contribution >= 4 is 15.9 Å². The number of carbonyl (C=O) groups is 1. The molecular weight excluding hydrogens is 300 g/mol. The van der Waals surface area contributed by atoms with Crippen molar-refractivity contribution in [3.8, 4) is 0 Å². The number of amides is 1. The van der Waals surface area contributed by atoms with Crippen molar-refractivity contribution in [1.29, 1.82) is 0 Å². The molecule has 0 saturated heterocycles. The number of allylic oxidation sites excluding steroid dienone is 1. The van der Waals surface area contributed by atoms with Gasteiger partial charge in [0.2, 0.25) is 15.9 Å². The zero-order chi connectivity index (χ0) is 16.0. The highest BCUT2D eigenvalue weighted by atomic mass is 32.2. The summed E-state index contributed by atoms with van der Waals surface area (Å²) in [5.74, 6) is 0.230. The van der Waals surface area contributed by atoms with E-state index in [0.29, 0.717) is 19.6 Å². The summed E-state index contributed by atoms with van der Waals surface area (Å²) in [6.45, 7) is 1.29. The second-order valence-corrected chi connectivity index (χ2v) is 8.42. The van der Waals surface area contributed by atoms with Crippen LogP contribution in [0.1, 0.15) is 51.4 Å². The Hall–Kier alpha value is -0.880. The van der Waals surface area contributed by atoms with Crippen LogP contribution >= 0.6 is 0 Å². The van der Waals surface area contributed by atoms with Gasteiger partial charge < -0.3 is 5.32 Å². The molecule has 2 aliphatic rings. The number of carbonyl (C=O) groups excluding carboxylic acids is 1. The molecule has 22 heavy (non-hydrogen) atoms. The maximum absolute atomic E-state index is 11.9. The third kappa shape index (κ3) is 5.39. The van der Waals surface area contributed by atoms with Crippen molar-refractivity contribution in [3.63, 3.8) is 0 Å². The lowest BCUT2D eigenvalue weighted by molar-refractivity contribution is -0.127. The van der Waals surface area contributed by atoms with E-state index in [1.54, 1.807) is 0 Å². The van der Waals surface area contributed by atoms with Gasteiger partial charge in [-0.25, -0.2) is 12.7 Å². The van der Waals surface area contributed by atoms with Crippen molar-refractivity contribution < 1.29 is 13.2 Å². The van der Waals surface area contributed by atoms with Gasteiger partial charge in [0.05, 0.1) is 6.26 Å². The van der Waals surface area contributed by atoms with Crippen LogP contribution in [0.2, 0.25) is 0 Å². The summed E-state index contributed by atoms with van der Waals surface area (Å²) < 4.78 is 25.2. The molecular formula is C16H28N2O3S. The number of nitrogens with one attached hydrogen (secondary N) is 1. The topological polar surface area (TPSA) is 66.5 Å². The van der Waals surface area contributed by atoms with Crippen LogP contribution in [0.4, 0.5) is 0 Å². The molecule has 0 atom stereocenters. The van der Waals surface area contributed by atoms with E-state index in [1.165, 1.54) is 29.0 Å². The molecule has 0 heterocycles. The zero-order valence-electron chi connectivity index (χ0n) is 13.5. The average Bonchev–Trinajstić information content (AvgIpc) is 2.40. The van der Waals surface area contributed by atoms with Crippen molar-refractivity contribution in [2.75, 3.05) is 25.9 Å². The van der Waals surface area contributed by atoms with Crippen LogP contribution in [-0.4, -0.2) is 44.5 Å². The summed E-state index contributed by atoms with van der Waals surface area (Å²) in [7, 11) is -3.22. The highest BCUT2D eigenvalue weighted by molar-refractivity contribution is 7.88. The summed E-state index contributed by atoms with van der Waals surface area (Å²) in [4.78, 5) is 11.8. The number of hydrogen-bond donors (Lipinski definition) is 1. The molecule has 1 saturated carbocycles. The molecule has 0 aliphatic heterocycles. The minimum Gasteiger partial charge on any atom is -0.355 e. The van der Waals surface area contributed by atoms with Crippen molar-refractivity contribution in [1.82, 2.24) is 9.62 Å². The Bertz CT molecular complexity index is 509. The van der Waals surface area contributed by atoms with E-state index in [0.717, 1.165) is 38.5 Å². The molecule has 0 aromatic rings. The molecule has 0 radical (unpaired) electrons. The molecule has 0 bridgehead atoms. The van der Waals surface area contributed by atoms with Gasteiger partial charge >= 0.3 is 0 Å². The van der Waals surface area contributed by atoms with E-state index in [-0.39, 0.29) is 11.8 Å². The van der Waals surface area contributed by atoms with Gasteiger partial charge in [-0.1, -0.05) is 18.1 Å². The Kier molecular flexibility index (Phi) is 6.44. The molecule has 2 rings (SSSR count). The van der Waals surface area contributed by atoms with Gasteiger partial charge in [0, 0.05) is 25.6 Å². The number of rotatable bonds is 8. The van der Waals surface area contributed by atoms with Crippen LogP contribution in [0.3, 0.4) is 0 Å². The predicted octanol–water partition coefficient (Wildman–Crippen LogP) is 2.05. The van der Waals surface area contributed by atoms with E-state index in [4.69, 9.17) is 0 Å². The highest BCUT2D eigenvalue weighted by Gasteiger charge is 2.25. The number of sulfonamides is 1. The van der Waals surface area contributed by atoms with Crippen molar-refractivity contribution in [2.24, 2.45) is 5.92 Å². The largest absolute Gasteiger partial charge is 0.355 e. The lowest BCUT2D eigenvalue weighted by Gasteiger charge is -2.25. The van der Waals surface area contributed by atoms with E-state index < -0.39 is 10.0 Å². The first kappa shape index (κ1) is 17.5. The molecule has 0 spiro atoms. The lowest BCUT2D eigenvalue weighted by atomic mass is 9.85. The number of hydrogen-bond acceptors (Lipinski definition) is 3. The van der Waals surface area contributed by atoms with Gasteiger partial charge in [-0.05, 0) is 44.9 Å². The quantitative estimate of drug-likeness (QED) is 0.694. The van der Waals surface area contributed by atoms with Gasteiger partial charge in [-0.3, -0.25) is 4.79 Å². The SMILES string of the molecule is CS(=O)(=O)N(CCNC(=O)C1CCC1)CCC1=CCCCC1. The molecule has 2 aliphatic carbocycles. The summed E-state index contributed by atoms with van der Waals surface area (Å²) in [5, 5.41) is 2.87. The number of nitrogens with zero attached hydrogens (tertiary/aromatic N) is 1. The molecule has 0 aromatic heterocycles. The molecule has 5 nitrogen and oxygen atoms in total. The molecule has 0 aromatic carbocycles. The first-order valence-electron chi connectivity index (χ1n) is 8.37. The van der Waals surface area contributed by atoms with Crippen LogP contribution in [0.15, 0.2) is 11.6 Å². The third-order valence-electron chi connectivity index (χ3n) is 4.67. The molecule has 1 fully saturated rings. The van der Waals surface area contributed by atoms with Crippen molar-refractivity contribution in [3.05, 3.63) is 11.6 Å². The van der Waals surface area contributed by atoms with E-state index in [2.05, 4.69) is 11.4 Å². The van der Waals surface area contributed by atoms with Crippen LogP contribution < -0.4 is 5.32 Å². The van der Waals surface area contributed by atoms with E-state index >= 15 is 0 Å². The normalized spacial score (nSPS) is 19.6. The molecule has 0 unspecified atom stereocenters. The van der Waals surface area contributed by atoms with Gasteiger partial charge in [0.1, 0.15) is 0 Å². The first-order valence-corrected chi connectivity index (χ1v) is 10.2. The summed E-state index contributed by atoms with van der Waals surface area (Å²) in [5.41, 5.74) is 1.37. The summed E-state index contributed by atoms with van der Waals surface area (Å²) >= 11 is 0. The van der Waals surface area contributed by atoms with E-state index in [1.807, 2.05) is 0 Å². The van der Waals surface area contributed by atoms with Crippen LogP contribution in [0.5, 0.6) is 0 Å². The van der Waals surface area contributed by atoms with Gasteiger partial charge in [-0.15, -0.1) is 0 Å². The molecule has 1 N–H and O–H groups in total. The fourth-order valence-corrected chi connectivity index (χ4v) is 3.81. The second-order valence-electron chi connectivity index (χ2n) is 6.44. The molecule has 126 valence electrons. The maximum Gasteiger partial charge on any atom is 0.223 e. The monoisotopic (exact) mass is 328 g/mol. The third-order valence-corrected chi connectivity index (χ3v) is 5.98. The minimum absolute atomic E-state index is 0.0784. The standard InChI is InChI=1S/C16H28N2O3S/c1-22(20,21)18(12-10-14-6-3-2-4-7-14)13-11-17-16(19)15-8-5-9-15/h6,15H,2-5,7-13H2,1H3,(H,17,19). The average molecular weight is 328 g/mol. The Morgan fingerprint density at radius 2 is 2.05 bits per heavy atom. The van der Waals surface area contributed by atoms with Crippen LogP contribution in [0.25, 0.3) is 0 Å². The highest BCUT2D eigenvalue weighted by Crippen LogP contribution is 2.26. The Morgan fingerprint density at radius 1 is 1.27 bits per heavy atom. The Labute approximate surface area is 134 Å². The van der Waals surface area contributed by atoms with Crippen LogP contribution in [-0.2, 0) is 14.8 Å². The minimum atomic E-state index is -3.22. The summed E-state index contributed by atoms with van der Waals surface area (Å²) in [6.07, 6.45) is 12.0. The van der Waals surface area contributed by atoms with Gasteiger partial charge in [0.15, 0.2) is 0 Å². The Balaban J connectivity index is 1.76. The predicted molar refractivity (Wildman–Crippen MR) is 87.9 cm³/mol. The maximum atomic E-state index is 11.9. The lowest BCUT2D eigenvalue weighted by Crippen LogP contribution is -2.41.